The van der Waals surface area contributed by atoms with Crippen molar-refractivity contribution in [1.29, 1.82) is 0 Å². The van der Waals surface area contributed by atoms with Crippen molar-refractivity contribution in [2.45, 2.75) is 6.92 Å². The van der Waals surface area contributed by atoms with E-state index in [1.165, 1.54) is 11.3 Å². The number of likely N-dealkylation sites (N-methyl/N-ethyl adjacent to an activating group) is 1. The molecular weight excluding hydrogens is 228 g/mol. The summed E-state index contributed by atoms with van der Waals surface area (Å²) in [5.41, 5.74) is 7.93. The van der Waals surface area contributed by atoms with Crippen LogP contribution in [-0.2, 0) is 0 Å². The molecule has 0 heterocycles. The van der Waals surface area contributed by atoms with Crippen LogP contribution >= 0.6 is 15.9 Å². The van der Waals surface area contributed by atoms with E-state index in [1.54, 1.807) is 0 Å². The lowest BCUT2D eigenvalue weighted by Gasteiger charge is -2.18. The van der Waals surface area contributed by atoms with Crippen LogP contribution in [-0.4, -0.2) is 20.1 Å². The zero-order valence-electron chi connectivity index (χ0n) is 8.05. The minimum Gasteiger partial charge on any atom is -0.373 e. The average Bonchev–Trinajstić information content (AvgIpc) is 2.10. The number of anilines is 1. The van der Waals surface area contributed by atoms with Crippen LogP contribution in [0, 0.1) is 6.92 Å². The van der Waals surface area contributed by atoms with E-state index in [0.717, 1.165) is 11.0 Å². The number of halogens is 1. The highest BCUT2D eigenvalue weighted by Crippen LogP contribution is 2.22. The lowest BCUT2D eigenvalue weighted by atomic mass is 10.2. The Hall–Kier alpha value is -0.540. The Balaban J connectivity index is 2.84. The zero-order chi connectivity index (χ0) is 9.84. The third kappa shape index (κ3) is 2.71. The van der Waals surface area contributed by atoms with Gasteiger partial charge in [0.2, 0.25) is 0 Å². The molecule has 0 bridgehead atoms. The number of aryl methyl sites for hydroxylation is 1. The lowest BCUT2D eigenvalue weighted by Crippen LogP contribution is -2.24. The number of benzene rings is 1. The molecule has 2 nitrogen and oxygen atoms in total. The Morgan fingerprint density at radius 3 is 2.69 bits per heavy atom. The summed E-state index contributed by atoms with van der Waals surface area (Å²) in [6.45, 7) is 3.65. The molecule has 1 aromatic rings. The lowest BCUT2D eigenvalue weighted by molar-refractivity contribution is 0.885. The molecule has 2 N–H and O–H groups in total. The summed E-state index contributed by atoms with van der Waals surface area (Å²) in [5.74, 6) is 0. The van der Waals surface area contributed by atoms with E-state index in [-0.39, 0.29) is 0 Å². The number of hydrogen-bond donors (Lipinski definition) is 1. The van der Waals surface area contributed by atoms with Gasteiger partial charge in [0, 0.05) is 30.3 Å². The highest BCUT2D eigenvalue weighted by atomic mass is 79.9. The molecule has 0 saturated heterocycles. The fourth-order valence-electron chi connectivity index (χ4n) is 1.14. The first-order valence-corrected chi connectivity index (χ1v) is 5.12. The van der Waals surface area contributed by atoms with Gasteiger partial charge in [0.25, 0.3) is 0 Å². The van der Waals surface area contributed by atoms with E-state index in [2.05, 4.69) is 46.0 Å². The zero-order valence-corrected chi connectivity index (χ0v) is 9.63. The fraction of sp³-hybridized carbons (Fsp3) is 0.400. The van der Waals surface area contributed by atoms with Crippen LogP contribution in [0.5, 0.6) is 0 Å². The molecule has 72 valence electrons. The number of nitrogens with two attached hydrogens (primary N) is 1. The first-order valence-electron chi connectivity index (χ1n) is 4.32. The molecule has 13 heavy (non-hydrogen) atoms. The average molecular weight is 243 g/mol. The van der Waals surface area contributed by atoms with Crippen molar-refractivity contribution in [1.82, 2.24) is 0 Å². The maximum absolute atomic E-state index is 5.48. The molecule has 0 unspecified atom stereocenters. The largest absolute Gasteiger partial charge is 0.373 e. The summed E-state index contributed by atoms with van der Waals surface area (Å²) in [7, 11) is 2.05. The molecule has 0 amide bonds. The van der Waals surface area contributed by atoms with Crippen LogP contribution in [0.2, 0.25) is 0 Å². The van der Waals surface area contributed by atoms with Gasteiger partial charge in [-0.2, -0.15) is 0 Å². The molecule has 1 aromatic carbocycles. The molecule has 0 fully saturated rings. The maximum atomic E-state index is 5.48. The van der Waals surface area contributed by atoms with Crippen LogP contribution < -0.4 is 10.6 Å². The Labute approximate surface area is 87.9 Å². The molecule has 0 aliphatic carbocycles. The van der Waals surface area contributed by atoms with Gasteiger partial charge in [-0.25, -0.2) is 0 Å². The van der Waals surface area contributed by atoms with E-state index in [1.807, 2.05) is 7.05 Å². The maximum Gasteiger partial charge on any atom is 0.0375 e. The van der Waals surface area contributed by atoms with E-state index in [9.17, 15) is 0 Å². The first kappa shape index (κ1) is 10.5. The van der Waals surface area contributed by atoms with E-state index in [4.69, 9.17) is 5.73 Å². The van der Waals surface area contributed by atoms with Crippen molar-refractivity contribution >= 4 is 21.6 Å². The summed E-state index contributed by atoms with van der Waals surface area (Å²) < 4.78 is 1.15. The van der Waals surface area contributed by atoms with E-state index < -0.39 is 0 Å². The minimum atomic E-state index is 0.683. The SMILES string of the molecule is Cc1ccc(N(C)CCN)cc1Br. The van der Waals surface area contributed by atoms with Crippen LogP contribution in [0.25, 0.3) is 0 Å². The molecule has 1 rings (SSSR count). The van der Waals surface area contributed by atoms with E-state index >= 15 is 0 Å². The molecule has 3 heteroatoms. The molecule has 0 saturated carbocycles. The summed E-state index contributed by atoms with van der Waals surface area (Å²) in [4.78, 5) is 2.14. The summed E-state index contributed by atoms with van der Waals surface area (Å²) in [6.07, 6.45) is 0. The van der Waals surface area contributed by atoms with Gasteiger partial charge in [-0.3, -0.25) is 0 Å². The van der Waals surface area contributed by atoms with Gasteiger partial charge >= 0.3 is 0 Å². The van der Waals surface area contributed by atoms with Crippen molar-refractivity contribution in [3.8, 4) is 0 Å². The van der Waals surface area contributed by atoms with Crippen LogP contribution in [0.1, 0.15) is 5.56 Å². The van der Waals surface area contributed by atoms with Crippen molar-refractivity contribution in [3.05, 3.63) is 28.2 Å². The number of rotatable bonds is 3. The topological polar surface area (TPSA) is 29.3 Å². The Morgan fingerprint density at radius 2 is 2.15 bits per heavy atom. The molecular formula is C10H15BrN2. The van der Waals surface area contributed by atoms with Gasteiger partial charge in [-0.1, -0.05) is 22.0 Å². The Morgan fingerprint density at radius 1 is 1.46 bits per heavy atom. The molecule has 0 aliphatic rings. The standard InChI is InChI=1S/C10H15BrN2/c1-8-3-4-9(7-10(8)11)13(2)6-5-12/h3-4,7H,5-6,12H2,1-2H3. The predicted molar refractivity (Wildman–Crippen MR) is 61.2 cm³/mol. The van der Waals surface area contributed by atoms with Gasteiger partial charge in [0.15, 0.2) is 0 Å². The second kappa shape index (κ2) is 4.63. The molecule has 0 atom stereocenters. The third-order valence-corrected chi connectivity index (χ3v) is 2.92. The quantitative estimate of drug-likeness (QED) is 0.881. The van der Waals surface area contributed by atoms with Crippen molar-refractivity contribution in [2.24, 2.45) is 5.73 Å². The molecule has 0 aliphatic heterocycles. The highest BCUT2D eigenvalue weighted by molar-refractivity contribution is 9.10. The second-order valence-corrected chi connectivity index (χ2v) is 4.00. The number of hydrogen-bond acceptors (Lipinski definition) is 2. The minimum absolute atomic E-state index is 0.683. The van der Waals surface area contributed by atoms with Crippen LogP contribution in [0.4, 0.5) is 5.69 Å². The smallest absolute Gasteiger partial charge is 0.0375 e. The van der Waals surface area contributed by atoms with Crippen molar-refractivity contribution < 1.29 is 0 Å². The Bertz CT molecular complexity index is 286. The first-order chi connectivity index (χ1) is 6.15. The number of nitrogens with zero attached hydrogens (tertiary/aromatic N) is 1. The normalized spacial score (nSPS) is 10.2. The van der Waals surface area contributed by atoms with Gasteiger partial charge in [-0.15, -0.1) is 0 Å². The fourth-order valence-corrected chi connectivity index (χ4v) is 1.51. The predicted octanol–water partition coefficient (Wildman–Crippen LogP) is 2.15. The van der Waals surface area contributed by atoms with Gasteiger partial charge in [-0.05, 0) is 24.6 Å². The van der Waals surface area contributed by atoms with Gasteiger partial charge in [0.1, 0.15) is 0 Å². The van der Waals surface area contributed by atoms with E-state index in [0.29, 0.717) is 6.54 Å². The molecule has 0 spiro atoms. The molecule has 0 aromatic heterocycles. The van der Waals surface area contributed by atoms with Crippen LogP contribution in [0.3, 0.4) is 0 Å². The van der Waals surface area contributed by atoms with Gasteiger partial charge < -0.3 is 10.6 Å². The summed E-state index contributed by atoms with van der Waals surface area (Å²) in [5, 5.41) is 0. The van der Waals surface area contributed by atoms with Crippen molar-refractivity contribution in [2.75, 3.05) is 25.0 Å². The Kier molecular flexibility index (Phi) is 3.75. The summed E-state index contributed by atoms with van der Waals surface area (Å²) >= 11 is 3.51. The van der Waals surface area contributed by atoms with Crippen LogP contribution in [0.15, 0.2) is 22.7 Å². The highest BCUT2D eigenvalue weighted by Gasteiger charge is 2.01. The molecule has 0 radical (unpaired) electrons. The monoisotopic (exact) mass is 242 g/mol. The third-order valence-electron chi connectivity index (χ3n) is 2.06. The van der Waals surface area contributed by atoms with Gasteiger partial charge in [0.05, 0.1) is 0 Å². The summed E-state index contributed by atoms with van der Waals surface area (Å²) in [6, 6.07) is 6.33. The second-order valence-electron chi connectivity index (χ2n) is 3.14. The van der Waals surface area contributed by atoms with Crippen molar-refractivity contribution in [3.63, 3.8) is 0 Å².